The highest BCUT2D eigenvalue weighted by atomic mass is 16.2. The van der Waals surface area contributed by atoms with Gasteiger partial charge in [0.15, 0.2) is 0 Å². The molecule has 1 aliphatic rings. The van der Waals surface area contributed by atoms with Gasteiger partial charge in [0.25, 0.3) is 0 Å². The van der Waals surface area contributed by atoms with Crippen molar-refractivity contribution < 1.29 is 4.79 Å². The van der Waals surface area contributed by atoms with E-state index in [1.54, 1.807) is 0 Å². The zero-order chi connectivity index (χ0) is 12.8. The number of carbonyl (C=O) groups excluding carboxylic acids is 1. The maximum atomic E-state index is 11.4. The highest BCUT2D eigenvalue weighted by Crippen LogP contribution is 2.29. The first-order chi connectivity index (χ1) is 8.08. The predicted octanol–water partition coefficient (Wildman–Crippen LogP) is 1.51. The molecule has 1 unspecified atom stereocenters. The second-order valence-electron chi connectivity index (χ2n) is 5.43. The predicted molar refractivity (Wildman–Crippen MR) is 70.2 cm³/mol. The van der Waals surface area contributed by atoms with E-state index in [0.29, 0.717) is 6.04 Å². The van der Waals surface area contributed by atoms with Crippen molar-refractivity contribution in [2.75, 3.05) is 13.6 Å². The molecule has 1 fully saturated rings. The molecule has 3 N–H and O–H groups in total. The van der Waals surface area contributed by atoms with E-state index in [2.05, 4.69) is 24.3 Å². The Balaban J connectivity index is 2.33. The molecule has 0 aliphatic heterocycles. The average Bonchev–Trinajstić information content (AvgIpc) is 2.37. The summed E-state index contributed by atoms with van der Waals surface area (Å²) in [6.45, 7) is 5.00. The first kappa shape index (κ1) is 14.5. The topological polar surface area (TPSA) is 58.4 Å². The van der Waals surface area contributed by atoms with Crippen LogP contribution in [-0.2, 0) is 4.79 Å². The minimum Gasteiger partial charge on any atom is -0.303 e. The third-order valence-corrected chi connectivity index (χ3v) is 4.17. The van der Waals surface area contributed by atoms with E-state index in [9.17, 15) is 4.79 Å². The second kappa shape index (κ2) is 6.97. The lowest BCUT2D eigenvalue weighted by atomic mass is 9.84. The Kier molecular flexibility index (Phi) is 5.92. The fourth-order valence-electron chi connectivity index (χ4n) is 2.80. The molecule has 100 valence electrons. The summed E-state index contributed by atoms with van der Waals surface area (Å²) < 4.78 is 0. The third-order valence-electron chi connectivity index (χ3n) is 4.17. The van der Waals surface area contributed by atoms with Crippen LogP contribution in [0.2, 0.25) is 0 Å². The van der Waals surface area contributed by atoms with Gasteiger partial charge < -0.3 is 4.90 Å². The van der Waals surface area contributed by atoms with Gasteiger partial charge in [-0.1, -0.05) is 20.3 Å². The van der Waals surface area contributed by atoms with Crippen LogP contribution in [-0.4, -0.2) is 30.4 Å². The molecule has 0 aromatic rings. The van der Waals surface area contributed by atoms with Gasteiger partial charge in [-0.05, 0) is 38.6 Å². The lowest BCUT2D eigenvalue weighted by Crippen LogP contribution is -2.43. The van der Waals surface area contributed by atoms with Crippen LogP contribution in [0.3, 0.4) is 0 Å². The number of nitrogens with two attached hydrogens (primary N) is 1. The molecule has 1 rings (SSSR count). The van der Waals surface area contributed by atoms with Gasteiger partial charge in [-0.15, -0.1) is 0 Å². The zero-order valence-electron chi connectivity index (χ0n) is 11.4. The molecule has 0 aromatic heterocycles. The largest absolute Gasteiger partial charge is 0.303 e. The van der Waals surface area contributed by atoms with Crippen LogP contribution in [0, 0.1) is 11.8 Å². The van der Waals surface area contributed by atoms with Gasteiger partial charge in [0.1, 0.15) is 0 Å². The first-order valence-corrected chi connectivity index (χ1v) is 6.79. The maximum Gasteiger partial charge on any atom is 0.237 e. The van der Waals surface area contributed by atoms with Crippen molar-refractivity contribution in [3.05, 3.63) is 0 Å². The number of hydrogen-bond acceptors (Lipinski definition) is 3. The number of rotatable bonds is 5. The number of hydrogen-bond donors (Lipinski definition) is 2. The molecule has 0 saturated heterocycles. The molecule has 0 bridgehead atoms. The van der Waals surface area contributed by atoms with E-state index in [-0.39, 0.29) is 11.8 Å². The summed E-state index contributed by atoms with van der Waals surface area (Å²) >= 11 is 0. The number of carbonyl (C=O) groups is 1. The Labute approximate surface area is 105 Å². The minimum absolute atomic E-state index is 0.0334. The van der Waals surface area contributed by atoms with Crippen LogP contribution in [0.5, 0.6) is 0 Å². The number of nitrogens with zero attached hydrogens (tertiary/aromatic N) is 1. The Morgan fingerprint density at radius 2 is 2.00 bits per heavy atom. The van der Waals surface area contributed by atoms with Crippen LogP contribution >= 0.6 is 0 Å². The Hall–Kier alpha value is -0.610. The molecule has 0 aromatic carbocycles. The molecule has 1 atom stereocenters. The molecule has 0 heterocycles. The van der Waals surface area contributed by atoms with Crippen LogP contribution in [0.4, 0.5) is 0 Å². The van der Waals surface area contributed by atoms with Gasteiger partial charge in [0.2, 0.25) is 5.91 Å². The zero-order valence-corrected chi connectivity index (χ0v) is 11.4. The van der Waals surface area contributed by atoms with E-state index in [1.165, 1.54) is 32.1 Å². The average molecular weight is 241 g/mol. The summed E-state index contributed by atoms with van der Waals surface area (Å²) in [5.74, 6) is 5.96. The SMILES string of the molecule is CCC1CCC(N(C)CC(C)C(=O)NN)CC1. The highest BCUT2D eigenvalue weighted by molar-refractivity contribution is 5.77. The third kappa shape index (κ3) is 4.28. The molecule has 0 radical (unpaired) electrons. The van der Waals surface area contributed by atoms with Gasteiger partial charge in [0.05, 0.1) is 0 Å². The monoisotopic (exact) mass is 241 g/mol. The fraction of sp³-hybridized carbons (Fsp3) is 0.923. The number of nitrogens with one attached hydrogen (secondary N) is 1. The summed E-state index contributed by atoms with van der Waals surface area (Å²) in [5, 5.41) is 0. The van der Waals surface area contributed by atoms with Gasteiger partial charge in [-0.3, -0.25) is 10.2 Å². The van der Waals surface area contributed by atoms with E-state index < -0.39 is 0 Å². The Morgan fingerprint density at radius 3 is 2.47 bits per heavy atom. The van der Waals surface area contributed by atoms with Crippen molar-refractivity contribution in [2.24, 2.45) is 17.7 Å². The lowest BCUT2D eigenvalue weighted by molar-refractivity contribution is -0.125. The van der Waals surface area contributed by atoms with Gasteiger partial charge in [-0.25, -0.2) is 5.84 Å². The normalized spacial score (nSPS) is 26.9. The summed E-state index contributed by atoms with van der Waals surface area (Å²) in [4.78, 5) is 13.7. The Bertz CT molecular complexity index is 237. The molecule has 0 spiro atoms. The molecule has 1 amide bonds. The second-order valence-corrected chi connectivity index (χ2v) is 5.43. The van der Waals surface area contributed by atoms with Crippen molar-refractivity contribution >= 4 is 5.91 Å². The molecule has 1 aliphatic carbocycles. The van der Waals surface area contributed by atoms with Crippen LogP contribution in [0.15, 0.2) is 0 Å². The maximum absolute atomic E-state index is 11.4. The van der Waals surface area contributed by atoms with E-state index >= 15 is 0 Å². The molecule has 1 saturated carbocycles. The van der Waals surface area contributed by atoms with E-state index in [0.717, 1.165) is 12.5 Å². The van der Waals surface area contributed by atoms with E-state index in [4.69, 9.17) is 5.84 Å². The van der Waals surface area contributed by atoms with Crippen molar-refractivity contribution in [1.29, 1.82) is 0 Å². The summed E-state index contributed by atoms with van der Waals surface area (Å²) in [5.41, 5.74) is 2.22. The molecule has 4 heteroatoms. The quantitative estimate of drug-likeness (QED) is 0.436. The number of hydrazine groups is 1. The standard InChI is InChI=1S/C13H27N3O/c1-4-11-5-7-12(8-6-11)16(3)9-10(2)13(17)15-14/h10-12H,4-9,14H2,1-3H3,(H,15,17). The van der Waals surface area contributed by atoms with Crippen LogP contribution in [0.25, 0.3) is 0 Å². The van der Waals surface area contributed by atoms with Gasteiger partial charge in [0, 0.05) is 18.5 Å². The summed E-state index contributed by atoms with van der Waals surface area (Å²) in [6.07, 6.45) is 6.52. The molecule has 17 heavy (non-hydrogen) atoms. The van der Waals surface area contributed by atoms with E-state index in [1.807, 2.05) is 6.92 Å². The van der Waals surface area contributed by atoms with Gasteiger partial charge in [-0.2, -0.15) is 0 Å². The van der Waals surface area contributed by atoms with Crippen LogP contribution in [0.1, 0.15) is 46.0 Å². The summed E-state index contributed by atoms with van der Waals surface area (Å²) in [7, 11) is 2.12. The first-order valence-electron chi connectivity index (χ1n) is 6.79. The summed E-state index contributed by atoms with van der Waals surface area (Å²) in [6, 6.07) is 0.644. The number of amides is 1. The van der Waals surface area contributed by atoms with Gasteiger partial charge >= 0.3 is 0 Å². The van der Waals surface area contributed by atoms with Crippen molar-refractivity contribution in [3.63, 3.8) is 0 Å². The highest BCUT2D eigenvalue weighted by Gasteiger charge is 2.25. The molecular weight excluding hydrogens is 214 g/mol. The molecular formula is C13H27N3O. The van der Waals surface area contributed by atoms with Crippen molar-refractivity contribution in [1.82, 2.24) is 10.3 Å². The fourth-order valence-corrected chi connectivity index (χ4v) is 2.80. The Morgan fingerprint density at radius 1 is 1.41 bits per heavy atom. The minimum atomic E-state index is -0.0703. The smallest absolute Gasteiger partial charge is 0.237 e. The lowest BCUT2D eigenvalue weighted by Gasteiger charge is -2.35. The van der Waals surface area contributed by atoms with Crippen molar-refractivity contribution in [2.45, 2.75) is 52.0 Å². The van der Waals surface area contributed by atoms with Crippen LogP contribution < -0.4 is 11.3 Å². The van der Waals surface area contributed by atoms with Crippen molar-refractivity contribution in [3.8, 4) is 0 Å². The molecule has 4 nitrogen and oxygen atoms in total.